The normalized spacial score (nSPS) is 14.1. The molecule has 150 valence electrons. The lowest BCUT2D eigenvalue weighted by Gasteiger charge is -2.26. The second-order valence-electron chi connectivity index (χ2n) is 6.56. The number of hydrogen-bond acceptors (Lipinski definition) is 5. The minimum Gasteiger partial charge on any atom is -0.424 e. The zero-order valence-corrected chi connectivity index (χ0v) is 16.5. The molecule has 0 unspecified atom stereocenters. The predicted octanol–water partition coefficient (Wildman–Crippen LogP) is 3.94. The highest BCUT2D eigenvalue weighted by molar-refractivity contribution is 6.35. The second kappa shape index (κ2) is 8.14. The average Bonchev–Trinajstić information content (AvgIpc) is 3.17. The fourth-order valence-electron chi connectivity index (χ4n) is 3.20. The molecule has 0 aliphatic carbocycles. The summed E-state index contributed by atoms with van der Waals surface area (Å²) in [6.45, 7) is 2.35. The van der Waals surface area contributed by atoms with Crippen molar-refractivity contribution in [3.8, 4) is 17.1 Å². The number of amides is 2. The number of halogens is 1. The first-order valence-corrected chi connectivity index (χ1v) is 9.53. The summed E-state index contributed by atoms with van der Waals surface area (Å²) in [6.07, 6.45) is -0.624. The highest BCUT2D eigenvalue weighted by Gasteiger charge is 2.19. The number of benzene rings is 2. The minimum absolute atomic E-state index is 0.000777. The van der Waals surface area contributed by atoms with E-state index >= 15 is 0 Å². The summed E-state index contributed by atoms with van der Waals surface area (Å²) in [7, 11) is 1.46. The van der Waals surface area contributed by atoms with Crippen LogP contribution in [0.25, 0.3) is 22.1 Å². The number of ether oxygens (including phenoxy) is 2. The van der Waals surface area contributed by atoms with Gasteiger partial charge in [0.15, 0.2) is 5.58 Å². The van der Waals surface area contributed by atoms with Gasteiger partial charge in [-0.15, -0.1) is 0 Å². The molecule has 3 aromatic rings. The third kappa shape index (κ3) is 4.06. The molecule has 1 aliphatic rings. The van der Waals surface area contributed by atoms with Gasteiger partial charge in [0.25, 0.3) is 11.9 Å². The lowest BCUT2D eigenvalue weighted by molar-refractivity contribution is 0.0303. The van der Waals surface area contributed by atoms with E-state index in [2.05, 4.69) is 5.32 Å². The first-order valence-electron chi connectivity index (χ1n) is 9.15. The van der Waals surface area contributed by atoms with Crippen molar-refractivity contribution < 1.29 is 23.5 Å². The van der Waals surface area contributed by atoms with E-state index in [1.807, 2.05) is 18.2 Å². The molecule has 1 fully saturated rings. The molecule has 1 N–H and O–H groups in total. The van der Waals surface area contributed by atoms with Crippen LogP contribution in [0, 0.1) is 0 Å². The van der Waals surface area contributed by atoms with Crippen molar-refractivity contribution >= 4 is 34.6 Å². The van der Waals surface area contributed by atoms with Gasteiger partial charge in [-0.05, 0) is 35.4 Å². The number of carbonyl (C=O) groups excluding carboxylic acids is 2. The molecule has 0 radical (unpaired) electrons. The second-order valence-corrected chi connectivity index (χ2v) is 6.97. The van der Waals surface area contributed by atoms with Gasteiger partial charge in [0.2, 0.25) is 0 Å². The maximum Gasteiger partial charge on any atom is 0.414 e. The van der Waals surface area contributed by atoms with E-state index in [9.17, 15) is 9.59 Å². The zero-order valence-electron chi connectivity index (χ0n) is 15.7. The van der Waals surface area contributed by atoms with Crippen LogP contribution >= 0.6 is 11.6 Å². The molecule has 8 heteroatoms. The highest BCUT2D eigenvalue weighted by Crippen LogP contribution is 2.35. The SMILES string of the molecule is CNC(=O)Oc1cc2cc(-c3ccc(C(=O)N4CCOCC4)cc3)cc(Cl)c2o1. The van der Waals surface area contributed by atoms with Crippen molar-refractivity contribution in [1.29, 1.82) is 0 Å². The van der Waals surface area contributed by atoms with Crippen molar-refractivity contribution in [2.24, 2.45) is 0 Å². The molecule has 2 amide bonds. The van der Waals surface area contributed by atoms with Crippen molar-refractivity contribution in [1.82, 2.24) is 10.2 Å². The van der Waals surface area contributed by atoms with Crippen molar-refractivity contribution in [2.45, 2.75) is 0 Å². The molecule has 2 aromatic carbocycles. The number of hydrogen-bond donors (Lipinski definition) is 1. The van der Waals surface area contributed by atoms with Gasteiger partial charge >= 0.3 is 6.09 Å². The van der Waals surface area contributed by atoms with E-state index in [-0.39, 0.29) is 11.9 Å². The fraction of sp³-hybridized carbons (Fsp3) is 0.238. The molecule has 1 aliphatic heterocycles. The number of morpholine rings is 1. The summed E-state index contributed by atoms with van der Waals surface area (Å²) in [6, 6.07) is 12.6. The molecule has 0 spiro atoms. The van der Waals surface area contributed by atoms with Crippen LogP contribution in [-0.4, -0.2) is 50.3 Å². The summed E-state index contributed by atoms with van der Waals surface area (Å²) < 4.78 is 15.8. The quantitative estimate of drug-likeness (QED) is 0.702. The van der Waals surface area contributed by atoms with Crippen LogP contribution in [0.3, 0.4) is 0 Å². The Hall–Kier alpha value is -3.03. The molecule has 0 atom stereocenters. The first kappa shape index (κ1) is 19.3. The number of nitrogens with one attached hydrogen (secondary N) is 1. The van der Waals surface area contributed by atoms with Crippen LogP contribution in [0.5, 0.6) is 5.95 Å². The molecular formula is C21H19ClN2O5. The summed E-state index contributed by atoms with van der Waals surface area (Å²) in [4.78, 5) is 25.7. The van der Waals surface area contributed by atoms with Gasteiger partial charge in [0.05, 0.1) is 18.2 Å². The van der Waals surface area contributed by atoms with Gasteiger partial charge in [-0.2, -0.15) is 0 Å². The molecule has 4 rings (SSSR count). The average molecular weight is 415 g/mol. The third-order valence-electron chi connectivity index (χ3n) is 4.71. The molecule has 1 saturated heterocycles. The van der Waals surface area contributed by atoms with Crippen molar-refractivity contribution in [3.05, 3.63) is 53.1 Å². The maximum atomic E-state index is 12.6. The Bertz CT molecular complexity index is 1050. The smallest absolute Gasteiger partial charge is 0.414 e. The summed E-state index contributed by atoms with van der Waals surface area (Å²) in [5.41, 5.74) is 2.84. The Morgan fingerprint density at radius 3 is 2.48 bits per heavy atom. The lowest BCUT2D eigenvalue weighted by Crippen LogP contribution is -2.40. The van der Waals surface area contributed by atoms with E-state index in [4.69, 9.17) is 25.5 Å². The summed E-state index contributed by atoms with van der Waals surface area (Å²) in [5.74, 6) is 0.0593. The van der Waals surface area contributed by atoms with Crippen LogP contribution in [0.2, 0.25) is 5.02 Å². The Morgan fingerprint density at radius 1 is 1.07 bits per heavy atom. The van der Waals surface area contributed by atoms with Gasteiger partial charge in [-0.25, -0.2) is 4.79 Å². The number of carbonyl (C=O) groups is 2. The molecule has 29 heavy (non-hydrogen) atoms. The maximum absolute atomic E-state index is 12.6. The molecule has 2 heterocycles. The van der Waals surface area contributed by atoms with Gasteiger partial charge in [-0.1, -0.05) is 23.7 Å². The molecule has 0 bridgehead atoms. The monoisotopic (exact) mass is 414 g/mol. The summed E-state index contributed by atoms with van der Waals surface area (Å²) in [5, 5.41) is 3.46. The van der Waals surface area contributed by atoms with E-state index in [0.717, 1.165) is 11.1 Å². The zero-order chi connectivity index (χ0) is 20.4. The van der Waals surface area contributed by atoms with Crippen molar-refractivity contribution in [3.63, 3.8) is 0 Å². The molecule has 0 saturated carbocycles. The topological polar surface area (TPSA) is 81.0 Å². The number of furan rings is 1. The number of rotatable bonds is 3. The van der Waals surface area contributed by atoms with Crippen LogP contribution in [0.15, 0.2) is 46.9 Å². The van der Waals surface area contributed by atoms with E-state index in [1.54, 1.807) is 29.2 Å². The molecule has 1 aromatic heterocycles. The standard InChI is InChI=1S/C21H19ClN2O5/c1-23-21(26)29-18-12-16-10-15(11-17(22)19(16)28-18)13-2-4-14(5-3-13)20(25)24-6-8-27-9-7-24/h2-5,10-12H,6-9H2,1H3,(H,23,26). The Balaban J connectivity index is 1.59. The van der Waals surface area contributed by atoms with Crippen LogP contribution in [0.1, 0.15) is 10.4 Å². The molecular weight excluding hydrogens is 396 g/mol. The Morgan fingerprint density at radius 2 is 1.79 bits per heavy atom. The molecule has 7 nitrogen and oxygen atoms in total. The minimum atomic E-state index is -0.624. The van der Waals surface area contributed by atoms with E-state index < -0.39 is 6.09 Å². The first-order chi connectivity index (χ1) is 14.0. The third-order valence-corrected chi connectivity index (χ3v) is 4.99. The highest BCUT2D eigenvalue weighted by atomic mass is 35.5. The Labute approximate surface area is 172 Å². The predicted molar refractivity (Wildman–Crippen MR) is 108 cm³/mol. The van der Waals surface area contributed by atoms with Gasteiger partial charge in [0, 0.05) is 37.2 Å². The van der Waals surface area contributed by atoms with Crippen LogP contribution in [-0.2, 0) is 4.74 Å². The van der Waals surface area contributed by atoms with Crippen LogP contribution in [0.4, 0.5) is 4.79 Å². The number of fused-ring (bicyclic) bond motifs is 1. The van der Waals surface area contributed by atoms with Gasteiger partial charge < -0.3 is 24.1 Å². The van der Waals surface area contributed by atoms with Gasteiger partial charge in [0.1, 0.15) is 0 Å². The Kier molecular flexibility index (Phi) is 5.42. The number of nitrogens with zero attached hydrogens (tertiary/aromatic N) is 1. The van der Waals surface area contributed by atoms with Crippen molar-refractivity contribution in [2.75, 3.05) is 33.4 Å². The fourth-order valence-corrected chi connectivity index (χ4v) is 3.47. The van der Waals surface area contributed by atoms with E-state index in [1.165, 1.54) is 7.05 Å². The van der Waals surface area contributed by atoms with Gasteiger partial charge in [-0.3, -0.25) is 4.79 Å². The largest absolute Gasteiger partial charge is 0.424 e. The van der Waals surface area contributed by atoms with E-state index in [0.29, 0.717) is 47.9 Å². The van der Waals surface area contributed by atoms with Crippen LogP contribution < -0.4 is 10.1 Å². The lowest BCUT2D eigenvalue weighted by atomic mass is 10.0. The summed E-state index contributed by atoms with van der Waals surface area (Å²) >= 11 is 6.36.